The van der Waals surface area contributed by atoms with Gasteiger partial charge in [-0.2, -0.15) is 8.42 Å². The predicted octanol–water partition coefficient (Wildman–Crippen LogP) is 3.16. The van der Waals surface area contributed by atoms with Gasteiger partial charge in [0.2, 0.25) is 0 Å². The first-order valence-electron chi connectivity index (χ1n) is 9.89. The number of halogens is 3. The molecule has 0 amide bonds. The molecule has 1 aromatic heterocycles. The Kier molecular flexibility index (Phi) is 6.07. The molecule has 6 nitrogen and oxygen atoms in total. The second-order valence-corrected chi connectivity index (χ2v) is 9.32. The number of aliphatic hydroxyl groups is 1. The molecule has 1 aliphatic carbocycles. The van der Waals surface area contributed by atoms with E-state index < -0.39 is 27.7 Å². The van der Waals surface area contributed by atoms with Crippen LogP contribution in [0.4, 0.5) is 13.2 Å². The zero-order valence-electron chi connectivity index (χ0n) is 16.5. The van der Waals surface area contributed by atoms with E-state index in [0.29, 0.717) is 29.5 Å². The van der Waals surface area contributed by atoms with Crippen LogP contribution in [0.15, 0.2) is 36.4 Å². The van der Waals surface area contributed by atoms with Crippen LogP contribution in [0.25, 0.3) is 22.2 Å². The van der Waals surface area contributed by atoms with E-state index in [4.69, 9.17) is 5.11 Å². The number of aromatic amines is 1. The number of fused-ring (bicyclic) bond motifs is 1. The molecule has 1 saturated carbocycles. The molecule has 10 heteroatoms. The summed E-state index contributed by atoms with van der Waals surface area (Å²) in [5.74, 6) is -1.77. The fraction of sp³-hybridized carbons (Fsp3) is 0.333. The number of nitrogens with one attached hydrogen (secondary N) is 3. The summed E-state index contributed by atoms with van der Waals surface area (Å²) in [5, 5.41) is 9.17. The van der Waals surface area contributed by atoms with Gasteiger partial charge in [0, 0.05) is 24.5 Å². The van der Waals surface area contributed by atoms with E-state index in [-0.39, 0.29) is 37.0 Å². The Morgan fingerprint density at radius 2 is 1.74 bits per heavy atom. The van der Waals surface area contributed by atoms with Crippen molar-refractivity contribution in [2.75, 3.05) is 19.7 Å². The summed E-state index contributed by atoms with van der Waals surface area (Å²) < 4.78 is 70.0. The molecule has 0 bridgehead atoms. The van der Waals surface area contributed by atoms with Crippen molar-refractivity contribution in [2.24, 2.45) is 5.92 Å². The van der Waals surface area contributed by atoms with Gasteiger partial charge in [-0.3, -0.25) is 0 Å². The Bertz CT molecular complexity index is 1190. The molecule has 31 heavy (non-hydrogen) atoms. The number of H-pyrrole nitrogens is 1. The number of aliphatic hydroxyl groups excluding tert-OH is 1. The van der Waals surface area contributed by atoms with Gasteiger partial charge in [0.15, 0.2) is 0 Å². The van der Waals surface area contributed by atoms with Crippen LogP contribution in [0.5, 0.6) is 0 Å². The van der Waals surface area contributed by atoms with Gasteiger partial charge in [-0.15, -0.1) is 0 Å². The highest BCUT2D eigenvalue weighted by molar-refractivity contribution is 7.87. The molecule has 166 valence electrons. The highest BCUT2D eigenvalue weighted by Gasteiger charge is 2.35. The van der Waals surface area contributed by atoms with Crippen LogP contribution in [-0.4, -0.2) is 38.2 Å². The third-order valence-corrected chi connectivity index (χ3v) is 6.74. The lowest BCUT2D eigenvalue weighted by atomic mass is 9.70. The lowest BCUT2D eigenvalue weighted by molar-refractivity contribution is 0.266. The van der Waals surface area contributed by atoms with Crippen LogP contribution in [0.2, 0.25) is 0 Å². The summed E-state index contributed by atoms with van der Waals surface area (Å²) in [6, 6.07) is 7.86. The number of benzene rings is 2. The first kappa shape index (κ1) is 21.8. The summed E-state index contributed by atoms with van der Waals surface area (Å²) in [6.07, 6.45) is 1.25. The van der Waals surface area contributed by atoms with Gasteiger partial charge in [0.05, 0.1) is 17.8 Å². The summed E-state index contributed by atoms with van der Waals surface area (Å²) >= 11 is 0. The first-order valence-corrected chi connectivity index (χ1v) is 11.4. The molecule has 4 rings (SSSR count). The fourth-order valence-electron chi connectivity index (χ4n) is 4.11. The molecule has 0 spiro atoms. The van der Waals surface area contributed by atoms with Gasteiger partial charge in [-0.25, -0.2) is 22.6 Å². The SMILES string of the molecule is O=S(=O)(NCCO)NCC1CC(c2c(-c3ccc(F)cc3)[nH]c3c(F)cc(F)cc23)C1. The van der Waals surface area contributed by atoms with Crippen LogP contribution < -0.4 is 9.44 Å². The van der Waals surface area contributed by atoms with E-state index in [0.717, 1.165) is 11.6 Å². The molecule has 0 atom stereocenters. The lowest BCUT2D eigenvalue weighted by Crippen LogP contribution is -2.42. The predicted molar refractivity (Wildman–Crippen MR) is 111 cm³/mol. The standard InChI is InChI=1S/C21H22F3N3O3S/c22-15-3-1-13(2-4-15)20-19(17-9-16(23)10-18(24)21(17)27-20)14-7-12(8-14)11-26-31(29,30)25-5-6-28/h1-4,9-10,12,14,25-28H,5-8,11H2. The molecule has 0 unspecified atom stereocenters. The van der Waals surface area contributed by atoms with E-state index in [1.54, 1.807) is 12.1 Å². The van der Waals surface area contributed by atoms with E-state index in [2.05, 4.69) is 14.4 Å². The van der Waals surface area contributed by atoms with Gasteiger partial charge >= 0.3 is 0 Å². The first-order chi connectivity index (χ1) is 14.8. The minimum atomic E-state index is -3.69. The van der Waals surface area contributed by atoms with Crippen LogP contribution in [0.3, 0.4) is 0 Å². The third-order valence-electron chi connectivity index (χ3n) is 5.61. The zero-order chi connectivity index (χ0) is 22.2. The normalized spacial score (nSPS) is 19.0. The monoisotopic (exact) mass is 453 g/mol. The Morgan fingerprint density at radius 3 is 2.42 bits per heavy atom. The molecule has 1 fully saturated rings. The third kappa shape index (κ3) is 4.62. The van der Waals surface area contributed by atoms with Crippen LogP contribution in [0.1, 0.15) is 24.3 Å². The topological polar surface area (TPSA) is 94.2 Å². The number of aromatic nitrogens is 1. The molecular formula is C21H22F3N3O3S. The minimum Gasteiger partial charge on any atom is -0.395 e. The quantitative estimate of drug-likeness (QED) is 0.422. The van der Waals surface area contributed by atoms with Crippen molar-refractivity contribution in [3.05, 3.63) is 59.4 Å². The van der Waals surface area contributed by atoms with Crippen molar-refractivity contribution in [2.45, 2.75) is 18.8 Å². The Hall–Kier alpha value is -2.40. The van der Waals surface area contributed by atoms with Crippen molar-refractivity contribution in [1.82, 2.24) is 14.4 Å². The molecule has 3 aromatic rings. The van der Waals surface area contributed by atoms with Crippen molar-refractivity contribution in [3.63, 3.8) is 0 Å². The second kappa shape index (κ2) is 8.62. The van der Waals surface area contributed by atoms with E-state index in [1.165, 1.54) is 18.2 Å². The summed E-state index contributed by atoms with van der Waals surface area (Å²) in [5.41, 5.74) is 2.20. The summed E-state index contributed by atoms with van der Waals surface area (Å²) in [6.45, 7) is -0.156. The zero-order valence-corrected chi connectivity index (χ0v) is 17.3. The van der Waals surface area contributed by atoms with Gasteiger partial charge in [-0.1, -0.05) is 0 Å². The maximum absolute atomic E-state index is 14.4. The Labute approximate surface area is 177 Å². The molecule has 1 heterocycles. The molecule has 0 radical (unpaired) electrons. The number of hydrogen-bond acceptors (Lipinski definition) is 3. The van der Waals surface area contributed by atoms with Gasteiger partial charge in [0.1, 0.15) is 17.5 Å². The Balaban J connectivity index is 1.59. The van der Waals surface area contributed by atoms with Gasteiger partial charge in [-0.05, 0) is 66.1 Å². The molecule has 2 aromatic carbocycles. The highest BCUT2D eigenvalue weighted by Crippen LogP contribution is 2.48. The maximum Gasteiger partial charge on any atom is 0.276 e. The largest absolute Gasteiger partial charge is 0.395 e. The van der Waals surface area contributed by atoms with Crippen molar-refractivity contribution in [3.8, 4) is 11.3 Å². The Morgan fingerprint density at radius 1 is 1.03 bits per heavy atom. The summed E-state index contributed by atoms with van der Waals surface area (Å²) in [4.78, 5) is 3.03. The van der Waals surface area contributed by atoms with Gasteiger partial charge < -0.3 is 10.1 Å². The van der Waals surface area contributed by atoms with Crippen molar-refractivity contribution < 1.29 is 26.7 Å². The van der Waals surface area contributed by atoms with Crippen molar-refractivity contribution >= 4 is 21.1 Å². The van der Waals surface area contributed by atoms with Crippen LogP contribution in [0, 0.1) is 23.4 Å². The smallest absolute Gasteiger partial charge is 0.276 e. The number of rotatable bonds is 8. The average Bonchev–Trinajstić information content (AvgIpc) is 3.05. The summed E-state index contributed by atoms with van der Waals surface area (Å²) in [7, 11) is -3.69. The maximum atomic E-state index is 14.4. The average molecular weight is 453 g/mol. The van der Waals surface area contributed by atoms with Crippen molar-refractivity contribution in [1.29, 1.82) is 0 Å². The number of hydrogen-bond donors (Lipinski definition) is 4. The van der Waals surface area contributed by atoms with Gasteiger partial charge in [0.25, 0.3) is 10.2 Å². The minimum absolute atomic E-state index is 0.0325. The molecule has 4 N–H and O–H groups in total. The molecule has 0 aliphatic heterocycles. The lowest BCUT2D eigenvalue weighted by Gasteiger charge is -2.36. The van der Waals surface area contributed by atoms with E-state index in [9.17, 15) is 21.6 Å². The molecular weight excluding hydrogens is 431 g/mol. The van der Waals surface area contributed by atoms with Crippen LogP contribution in [-0.2, 0) is 10.2 Å². The van der Waals surface area contributed by atoms with E-state index >= 15 is 0 Å². The fourth-order valence-corrected chi connectivity index (χ4v) is 5.02. The molecule has 1 aliphatic rings. The highest BCUT2D eigenvalue weighted by atomic mass is 32.2. The second-order valence-electron chi connectivity index (χ2n) is 7.73. The van der Waals surface area contributed by atoms with E-state index in [1.807, 2.05) is 0 Å². The van der Waals surface area contributed by atoms with Crippen LogP contribution >= 0.6 is 0 Å². The molecule has 0 saturated heterocycles.